The van der Waals surface area contributed by atoms with Gasteiger partial charge in [-0.15, -0.1) is 0 Å². The van der Waals surface area contributed by atoms with Crippen molar-refractivity contribution in [3.63, 3.8) is 0 Å². The summed E-state index contributed by atoms with van der Waals surface area (Å²) < 4.78 is 9.13. The van der Waals surface area contributed by atoms with Crippen LogP contribution in [0.2, 0.25) is 0 Å². The van der Waals surface area contributed by atoms with Crippen molar-refractivity contribution in [2.45, 2.75) is 125 Å². The molecular weight excluding hydrogens is 1360 g/mol. The number of nitrogens with zero attached hydrogens (tertiary/aromatic N) is 8. The van der Waals surface area contributed by atoms with Gasteiger partial charge < -0.3 is 0 Å². The number of fused-ring (bicyclic) bond motifs is 16. The number of rotatable bonds is 6. The van der Waals surface area contributed by atoms with Gasteiger partial charge in [-0.2, -0.15) is 9.13 Å². The Hall–Kier alpha value is -12.0. The second kappa shape index (κ2) is 27.5. The lowest BCUT2D eigenvalue weighted by Crippen LogP contribution is -2.32. The summed E-state index contributed by atoms with van der Waals surface area (Å²) in [6.45, 7) is 31.7. The van der Waals surface area contributed by atoms with E-state index in [2.05, 4.69) is 362 Å². The van der Waals surface area contributed by atoms with Crippen LogP contribution >= 0.6 is 0 Å². The first-order chi connectivity index (χ1) is 53.7. The molecule has 0 fully saturated rings. The first kappa shape index (κ1) is 72.8. The second-order valence-electron chi connectivity index (χ2n) is 34.3. The average molecular weight is 1460 g/mol. The molecule has 8 aromatic carbocycles. The normalized spacial score (nSPS) is 14.2. The van der Waals surface area contributed by atoms with Crippen LogP contribution in [0.3, 0.4) is 0 Å². The number of pyridine rings is 8. The summed E-state index contributed by atoms with van der Waals surface area (Å²) in [4.78, 5) is 18.9. The zero-order valence-electron chi connectivity index (χ0n) is 68.2. The van der Waals surface area contributed by atoms with Crippen LogP contribution in [0, 0.1) is 33.6 Å². The third-order valence-corrected chi connectivity index (χ3v) is 25.1. The molecule has 0 radical (unpaired) electrons. The lowest BCUT2D eigenvalue weighted by molar-refractivity contribution is -0.659. The standard InChI is InChI=1S/C29H31N2.3C25H23N2/c1-18(2)15-20-9-7-11-26-21(20)12-13-27(31(26)6)23-17-24-22-10-8-14-30-28(22)29(4,5)25(24)16-19(23)3;1-16-14-21-20(18-9-7-13-26-24(18)25(21,2)3)15-19(16)23-12-11-17-8-5-6-10-22(17)27(23)4;1-16-14-22-21(19-10-7-12-26-24(19)25(22,2)3)15-20(16)23-18-9-6-5-8-17(18)11-13-27(23)4;1-16-12-22-21(19-10-7-11-26-24(19)25(22,2)3)14-20(16)23-13-17-8-5-6-9-18(17)15-27(23)4/h7-14,16-18H,15H2,1-6H3;3*5-15H,1-4H3/q4*+1. The molecule has 0 unspecified atom stereocenters. The Labute approximate surface area is 660 Å². The van der Waals surface area contributed by atoms with E-state index in [4.69, 9.17) is 19.9 Å². The maximum Gasteiger partial charge on any atom is 0.220 e. The number of aromatic nitrogens is 8. The lowest BCUT2D eigenvalue weighted by Gasteiger charge is -2.21. The second-order valence-corrected chi connectivity index (χ2v) is 34.3. The van der Waals surface area contributed by atoms with Crippen molar-refractivity contribution in [1.82, 2.24) is 19.9 Å². The molecule has 4 aliphatic carbocycles. The van der Waals surface area contributed by atoms with Crippen LogP contribution < -0.4 is 18.3 Å². The lowest BCUT2D eigenvalue weighted by atomic mass is 9.83. The Balaban J connectivity index is 0.000000109. The fraction of sp³-hybridized carbons (Fsp3) is 0.231. The highest BCUT2D eigenvalue weighted by atomic mass is 15.0. The van der Waals surface area contributed by atoms with Crippen LogP contribution in [0.1, 0.15) is 142 Å². The summed E-state index contributed by atoms with van der Waals surface area (Å²) in [7, 11) is 8.62. The Morgan fingerprint density at radius 1 is 0.304 bits per heavy atom. The molecule has 0 aliphatic heterocycles. The van der Waals surface area contributed by atoms with Crippen molar-refractivity contribution in [2.24, 2.45) is 34.1 Å². The van der Waals surface area contributed by atoms with E-state index in [1.54, 1.807) is 0 Å². The molecule has 8 nitrogen and oxygen atoms in total. The molecule has 552 valence electrons. The topological polar surface area (TPSA) is 67.1 Å². The van der Waals surface area contributed by atoms with Gasteiger partial charge >= 0.3 is 0 Å². The summed E-state index contributed by atoms with van der Waals surface area (Å²) in [5.74, 6) is 0.645. The zero-order chi connectivity index (χ0) is 78.2. The molecule has 0 atom stereocenters. The van der Waals surface area contributed by atoms with Gasteiger partial charge in [-0.05, 0) is 202 Å². The van der Waals surface area contributed by atoms with Crippen LogP contribution in [0.15, 0.2) is 262 Å². The van der Waals surface area contributed by atoms with Gasteiger partial charge in [0.1, 0.15) is 28.2 Å². The molecular formula is C104H100N8+4. The zero-order valence-corrected chi connectivity index (χ0v) is 68.2. The van der Waals surface area contributed by atoms with E-state index >= 15 is 0 Å². The molecule has 0 saturated heterocycles. The number of benzene rings is 8. The van der Waals surface area contributed by atoms with Gasteiger partial charge in [0, 0.05) is 138 Å². The van der Waals surface area contributed by atoms with E-state index in [0.29, 0.717) is 5.92 Å². The molecule has 8 aromatic heterocycles. The first-order valence-electron chi connectivity index (χ1n) is 39.7. The van der Waals surface area contributed by atoms with Gasteiger partial charge in [0.25, 0.3) is 0 Å². The summed E-state index contributed by atoms with van der Waals surface area (Å²) in [6, 6.07) is 82.0. The minimum Gasteiger partial charge on any atom is -0.260 e. The Morgan fingerprint density at radius 3 is 1.18 bits per heavy atom. The molecule has 0 saturated carbocycles. The Bertz CT molecular complexity index is 6440. The minimum atomic E-state index is -0.0630. The van der Waals surface area contributed by atoms with Gasteiger partial charge in [0.05, 0.1) is 33.7 Å². The van der Waals surface area contributed by atoms with Crippen molar-refractivity contribution in [3.8, 4) is 89.5 Å². The van der Waals surface area contributed by atoms with E-state index in [1.165, 1.54) is 206 Å². The van der Waals surface area contributed by atoms with Crippen LogP contribution in [0.25, 0.3) is 133 Å². The highest BCUT2D eigenvalue weighted by Gasteiger charge is 2.42. The predicted molar refractivity (Wildman–Crippen MR) is 461 cm³/mol. The SMILES string of the molecule is Cc1cc2c(cc1-c1c3ccccc3cc[n+]1C)-c1cccnc1C2(C)C.Cc1cc2c(cc1-c1cc3ccccc3c[n+]1C)-c1cccnc1C2(C)C.Cc1cc2c(cc1-c1ccc3c(CC(C)C)cccc3[n+]1C)-c1cccnc1C2(C)C.Cc1cc2c(cc1-c1ccc3ccccc3[n+]1C)-c1cccnc1C2(C)C. The van der Waals surface area contributed by atoms with Crippen molar-refractivity contribution in [3.05, 3.63) is 334 Å². The third-order valence-electron chi connectivity index (χ3n) is 25.1. The van der Waals surface area contributed by atoms with E-state index in [0.717, 1.165) is 6.42 Å². The van der Waals surface area contributed by atoms with Crippen LogP contribution in [-0.4, -0.2) is 19.9 Å². The molecule has 0 bridgehead atoms. The van der Waals surface area contributed by atoms with E-state index in [-0.39, 0.29) is 21.7 Å². The molecule has 8 heterocycles. The highest BCUT2D eigenvalue weighted by Crippen LogP contribution is 2.54. The summed E-state index contributed by atoms with van der Waals surface area (Å²) in [5.41, 5.74) is 39.7. The van der Waals surface area contributed by atoms with E-state index in [9.17, 15) is 0 Å². The summed E-state index contributed by atoms with van der Waals surface area (Å²) in [6.07, 6.45) is 13.1. The first-order valence-corrected chi connectivity index (χ1v) is 39.7. The van der Waals surface area contributed by atoms with Gasteiger partial charge in [-0.3, -0.25) is 19.9 Å². The van der Waals surface area contributed by atoms with Crippen LogP contribution in [0.4, 0.5) is 0 Å². The summed E-state index contributed by atoms with van der Waals surface area (Å²) in [5, 5.41) is 7.71. The monoisotopic (exact) mass is 1460 g/mol. The molecule has 112 heavy (non-hydrogen) atoms. The van der Waals surface area contributed by atoms with E-state index < -0.39 is 0 Å². The molecule has 16 aromatic rings. The van der Waals surface area contributed by atoms with Crippen LogP contribution in [-0.2, 0) is 56.3 Å². The molecule has 8 heteroatoms. The fourth-order valence-electron chi connectivity index (χ4n) is 19.1. The molecule has 0 amide bonds. The van der Waals surface area contributed by atoms with Crippen molar-refractivity contribution in [1.29, 1.82) is 0 Å². The molecule has 20 rings (SSSR count). The van der Waals surface area contributed by atoms with E-state index in [1.807, 2.05) is 43.0 Å². The largest absolute Gasteiger partial charge is 0.260 e. The van der Waals surface area contributed by atoms with Gasteiger partial charge in [0.15, 0.2) is 12.4 Å². The third kappa shape index (κ3) is 11.9. The smallest absolute Gasteiger partial charge is 0.220 e. The number of para-hydroxylation sites is 1. The van der Waals surface area contributed by atoms with Gasteiger partial charge in [0.2, 0.25) is 33.8 Å². The number of aryl methyl sites for hydroxylation is 8. The molecule has 4 aliphatic rings. The van der Waals surface area contributed by atoms with Crippen molar-refractivity contribution >= 4 is 43.4 Å². The molecule has 0 spiro atoms. The van der Waals surface area contributed by atoms with Gasteiger partial charge in [-0.25, -0.2) is 9.13 Å². The average Bonchev–Trinajstić information content (AvgIpc) is 1.57. The van der Waals surface area contributed by atoms with Crippen molar-refractivity contribution in [2.75, 3.05) is 0 Å². The highest BCUT2D eigenvalue weighted by molar-refractivity contribution is 5.96. The predicted octanol–water partition coefficient (Wildman–Crippen LogP) is 22.6. The van der Waals surface area contributed by atoms with Gasteiger partial charge in [-0.1, -0.05) is 178 Å². The van der Waals surface area contributed by atoms with Crippen molar-refractivity contribution < 1.29 is 18.3 Å². The Morgan fingerprint density at radius 2 is 0.696 bits per heavy atom. The number of hydrogen-bond acceptors (Lipinski definition) is 4. The maximum absolute atomic E-state index is 4.75. The fourth-order valence-corrected chi connectivity index (χ4v) is 19.1. The quantitative estimate of drug-likeness (QED) is 0.156. The molecule has 0 N–H and O–H groups in total. The summed E-state index contributed by atoms with van der Waals surface area (Å²) >= 11 is 0. The number of hydrogen-bond donors (Lipinski definition) is 0. The Kier molecular flexibility index (Phi) is 17.9. The van der Waals surface area contributed by atoms with Crippen LogP contribution in [0.5, 0.6) is 0 Å². The maximum atomic E-state index is 4.75. The minimum absolute atomic E-state index is 0.0548.